The molecule has 9 rings (SSSR count). The normalized spacial score (nSPS) is 23.2. The maximum absolute atomic E-state index is 17.3. The van der Waals surface area contributed by atoms with Gasteiger partial charge in [0.05, 0.1) is 12.2 Å². The molecular formula is C43H49F3N4O4. The Kier molecular flexibility index (Phi) is 9.24. The van der Waals surface area contributed by atoms with Gasteiger partial charge in [0.25, 0.3) is 0 Å². The van der Waals surface area contributed by atoms with Gasteiger partial charge in [-0.2, -0.15) is 9.97 Å². The number of aldehydes is 1. The molecule has 0 amide bonds. The Balaban J connectivity index is 1.08. The van der Waals surface area contributed by atoms with E-state index in [1.807, 2.05) is 6.92 Å². The molecule has 4 aromatic rings. The van der Waals surface area contributed by atoms with Gasteiger partial charge in [-0.05, 0) is 141 Å². The second-order valence-corrected chi connectivity index (χ2v) is 17.1. The number of methoxy groups -OCH3 is 1. The van der Waals surface area contributed by atoms with Crippen LogP contribution in [0.2, 0.25) is 0 Å². The number of benzene rings is 3. The number of halogens is 3. The lowest BCUT2D eigenvalue weighted by molar-refractivity contribution is -0.120. The van der Waals surface area contributed by atoms with Crippen LogP contribution in [0.4, 0.5) is 19.0 Å². The number of carbonyl (C=O) groups is 1. The summed E-state index contributed by atoms with van der Waals surface area (Å²) in [5.74, 6) is 0.0474. The summed E-state index contributed by atoms with van der Waals surface area (Å²) in [6, 6.07) is 7.70. The van der Waals surface area contributed by atoms with Gasteiger partial charge in [-0.3, -0.25) is 0 Å². The van der Waals surface area contributed by atoms with Crippen LogP contribution in [0, 0.1) is 46.0 Å². The number of likely N-dealkylation sites (tertiary alicyclic amines) is 1. The third-order valence-electron chi connectivity index (χ3n) is 13.4. The molecular weight excluding hydrogens is 693 g/mol. The highest BCUT2D eigenvalue weighted by atomic mass is 19.1. The number of ether oxygens (including phenoxy) is 3. The van der Waals surface area contributed by atoms with E-state index < -0.39 is 17.5 Å². The fourth-order valence-electron chi connectivity index (χ4n) is 10.3. The zero-order chi connectivity index (χ0) is 37.2. The quantitative estimate of drug-likeness (QED) is 0.106. The Morgan fingerprint density at radius 3 is 2.39 bits per heavy atom. The fraction of sp³-hybridized carbons (Fsp3) is 0.558. The van der Waals surface area contributed by atoms with Crippen LogP contribution >= 0.6 is 0 Å². The number of anilines is 1. The minimum absolute atomic E-state index is 0.0181. The highest BCUT2D eigenvalue weighted by Crippen LogP contribution is 2.53. The number of nitrogens with zero attached hydrogens (tertiary/aromatic N) is 4. The summed E-state index contributed by atoms with van der Waals surface area (Å²) in [5, 5.41) is 1.33. The van der Waals surface area contributed by atoms with Gasteiger partial charge in [0, 0.05) is 43.5 Å². The number of piperidine rings is 2. The molecule has 2 atom stereocenters. The molecule has 54 heavy (non-hydrogen) atoms. The molecule has 3 saturated carbocycles. The molecule has 0 N–H and O–H groups in total. The summed E-state index contributed by atoms with van der Waals surface area (Å²) in [6.45, 7) is 6.68. The molecule has 286 valence electrons. The summed E-state index contributed by atoms with van der Waals surface area (Å²) in [4.78, 5) is 25.5. The van der Waals surface area contributed by atoms with E-state index in [1.54, 1.807) is 18.2 Å². The number of carbonyl (C=O) groups excluding carboxylic acids is 1. The fourth-order valence-corrected chi connectivity index (χ4v) is 10.3. The SMILES string of the molecule is CCc1c(F)ccc2cc(OCOC)cc(-c3c(F)cc4c(N5CC6CCC(C6)C5)nc(OCC5(CN6CCC7(CC6)CC(C=O)C7)CC5)nc4c3F)c12. The maximum Gasteiger partial charge on any atom is 0.319 e. The van der Waals surface area contributed by atoms with Crippen molar-refractivity contribution in [1.82, 2.24) is 14.9 Å². The third kappa shape index (κ3) is 6.48. The van der Waals surface area contributed by atoms with Crippen LogP contribution in [0.1, 0.15) is 70.3 Å². The van der Waals surface area contributed by atoms with E-state index in [0.29, 0.717) is 63.6 Å². The van der Waals surface area contributed by atoms with Crippen molar-refractivity contribution >= 4 is 33.8 Å². The maximum atomic E-state index is 17.3. The van der Waals surface area contributed by atoms with Crippen LogP contribution in [0.15, 0.2) is 30.3 Å². The number of rotatable bonds is 12. The largest absolute Gasteiger partial charge is 0.468 e. The summed E-state index contributed by atoms with van der Waals surface area (Å²) < 4.78 is 66.5. The van der Waals surface area contributed by atoms with Crippen molar-refractivity contribution in [1.29, 1.82) is 0 Å². The van der Waals surface area contributed by atoms with Gasteiger partial charge in [0.2, 0.25) is 0 Å². The summed E-state index contributed by atoms with van der Waals surface area (Å²) in [6.07, 6.45) is 11.3. The van der Waals surface area contributed by atoms with Crippen molar-refractivity contribution in [3.8, 4) is 22.9 Å². The minimum atomic E-state index is -0.841. The van der Waals surface area contributed by atoms with E-state index in [4.69, 9.17) is 19.2 Å². The number of fused-ring (bicyclic) bond motifs is 4. The smallest absolute Gasteiger partial charge is 0.319 e. The first-order valence-corrected chi connectivity index (χ1v) is 19.8. The Hall–Kier alpha value is -3.96. The molecule has 1 aromatic heterocycles. The zero-order valence-electron chi connectivity index (χ0n) is 31.3. The molecule has 2 saturated heterocycles. The van der Waals surface area contributed by atoms with Gasteiger partial charge in [0.15, 0.2) is 12.6 Å². The van der Waals surface area contributed by atoms with Gasteiger partial charge in [-0.1, -0.05) is 13.0 Å². The van der Waals surface area contributed by atoms with E-state index in [0.717, 1.165) is 90.4 Å². The number of hydrogen-bond acceptors (Lipinski definition) is 8. The van der Waals surface area contributed by atoms with Crippen molar-refractivity contribution in [2.75, 3.05) is 58.1 Å². The summed E-state index contributed by atoms with van der Waals surface area (Å²) in [7, 11) is 1.49. The Morgan fingerprint density at radius 2 is 1.70 bits per heavy atom. The topological polar surface area (TPSA) is 77.0 Å². The van der Waals surface area contributed by atoms with Gasteiger partial charge in [-0.25, -0.2) is 13.2 Å². The number of hydrogen-bond donors (Lipinski definition) is 0. The third-order valence-corrected chi connectivity index (χ3v) is 13.4. The first-order chi connectivity index (χ1) is 26.2. The Bertz CT molecular complexity index is 2080. The van der Waals surface area contributed by atoms with Crippen molar-refractivity contribution in [3.63, 3.8) is 0 Å². The molecule has 2 unspecified atom stereocenters. The second-order valence-electron chi connectivity index (χ2n) is 17.1. The van der Waals surface area contributed by atoms with E-state index in [9.17, 15) is 4.79 Å². The molecule has 2 bridgehead atoms. The van der Waals surface area contributed by atoms with Crippen molar-refractivity contribution < 1.29 is 32.2 Å². The molecule has 8 nitrogen and oxygen atoms in total. The molecule has 1 spiro atoms. The van der Waals surface area contributed by atoms with Gasteiger partial charge >= 0.3 is 6.01 Å². The number of aryl methyl sites for hydroxylation is 1. The highest BCUT2D eigenvalue weighted by Gasteiger charge is 2.49. The van der Waals surface area contributed by atoms with Crippen LogP contribution in [0.3, 0.4) is 0 Å². The van der Waals surface area contributed by atoms with E-state index in [-0.39, 0.29) is 40.8 Å². The van der Waals surface area contributed by atoms with Crippen molar-refractivity contribution in [2.45, 2.75) is 71.1 Å². The molecule has 5 fully saturated rings. The lowest BCUT2D eigenvalue weighted by atomic mass is 9.58. The molecule has 5 aliphatic rings. The predicted molar refractivity (Wildman–Crippen MR) is 201 cm³/mol. The van der Waals surface area contributed by atoms with Crippen LogP contribution in [-0.2, 0) is 16.0 Å². The standard InChI is InChI=1S/C43H49F3N4O4/c1-3-31-34(44)7-6-29-15-30(54-25-52-2)16-32(36(29)31)37-35(45)17-33-39(38(37)46)47-41(48-40(33)50-20-26-4-5-27(14-26)21-50)53-24-43(8-9-43)23-49-12-10-42(11-13-49)18-28(19-42)22-51/h6-7,15-17,22,26-28H,3-5,8-14,18-21,23-25H2,1-2H3. The highest BCUT2D eigenvalue weighted by molar-refractivity contribution is 6.03. The Morgan fingerprint density at radius 1 is 0.944 bits per heavy atom. The Labute approximate surface area is 314 Å². The molecule has 3 aromatic carbocycles. The average Bonchev–Trinajstić information content (AvgIpc) is 3.85. The molecule has 3 aliphatic carbocycles. The van der Waals surface area contributed by atoms with Crippen LogP contribution in [0.25, 0.3) is 32.8 Å². The van der Waals surface area contributed by atoms with Crippen LogP contribution < -0.4 is 14.4 Å². The molecule has 0 radical (unpaired) electrons. The predicted octanol–water partition coefficient (Wildman–Crippen LogP) is 8.50. The second kappa shape index (κ2) is 14.0. The minimum Gasteiger partial charge on any atom is -0.468 e. The molecule has 11 heteroatoms. The zero-order valence-corrected chi connectivity index (χ0v) is 31.3. The average molecular weight is 743 g/mol. The first kappa shape index (κ1) is 35.7. The lowest BCUT2D eigenvalue weighted by Gasteiger charge is -2.51. The van der Waals surface area contributed by atoms with Crippen molar-refractivity contribution in [2.24, 2.45) is 28.6 Å². The van der Waals surface area contributed by atoms with E-state index in [2.05, 4.69) is 14.8 Å². The van der Waals surface area contributed by atoms with Gasteiger partial charge in [-0.15, -0.1) is 0 Å². The summed E-state index contributed by atoms with van der Waals surface area (Å²) in [5.41, 5.74) is 0.569. The van der Waals surface area contributed by atoms with Crippen LogP contribution in [0.5, 0.6) is 11.8 Å². The molecule has 2 aliphatic heterocycles. The lowest BCUT2D eigenvalue weighted by Crippen LogP contribution is -2.49. The number of aromatic nitrogens is 2. The van der Waals surface area contributed by atoms with E-state index >= 15 is 13.2 Å². The summed E-state index contributed by atoms with van der Waals surface area (Å²) >= 11 is 0. The monoisotopic (exact) mass is 742 g/mol. The van der Waals surface area contributed by atoms with E-state index in [1.165, 1.54) is 25.7 Å². The van der Waals surface area contributed by atoms with Gasteiger partial charge in [0.1, 0.15) is 35.0 Å². The van der Waals surface area contributed by atoms with Crippen LogP contribution in [-0.4, -0.2) is 74.4 Å². The first-order valence-electron chi connectivity index (χ1n) is 19.8. The van der Waals surface area contributed by atoms with Crippen molar-refractivity contribution in [3.05, 3.63) is 53.3 Å². The molecule has 3 heterocycles. The van der Waals surface area contributed by atoms with Gasteiger partial charge < -0.3 is 28.8 Å².